The van der Waals surface area contributed by atoms with Crippen molar-refractivity contribution in [3.05, 3.63) is 22.4 Å². The summed E-state index contributed by atoms with van der Waals surface area (Å²) in [5.41, 5.74) is 7.02. The topological polar surface area (TPSA) is 58.4 Å². The Morgan fingerprint density at radius 2 is 2.35 bits per heavy atom. The number of thiophene rings is 1. The van der Waals surface area contributed by atoms with Crippen molar-refractivity contribution in [3.63, 3.8) is 0 Å². The van der Waals surface area contributed by atoms with E-state index in [2.05, 4.69) is 27.0 Å². The van der Waals surface area contributed by atoms with E-state index in [1.54, 1.807) is 11.3 Å². The molecule has 0 saturated heterocycles. The Balaban J connectivity index is 1.91. The van der Waals surface area contributed by atoms with E-state index in [4.69, 9.17) is 5.73 Å². The van der Waals surface area contributed by atoms with Gasteiger partial charge in [-0.05, 0) is 61.8 Å². The second-order valence-corrected chi connectivity index (χ2v) is 6.59. The molecule has 1 saturated carbocycles. The quantitative estimate of drug-likeness (QED) is 0.842. The molecular formula is C15H25N3OS. The zero-order valence-electron chi connectivity index (χ0n) is 12.3. The van der Waals surface area contributed by atoms with Crippen molar-refractivity contribution in [1.29, 1.82) is 0 Å². The van der Waals surface area contributed by atoms with Crippen LogP contribution in [0.2, 0.25) is 0 Å². The standard InChI is InChI=1S/C15H25N3OS/c1-18(2)14(12-6-7-20-10-12)9-17-15(19)13-5-3-4-11(13)8-16/h6-7,10-11,13-14H,3-5,8-9,16H2,1-2H3,(H,17,19)/t11-,13-,14?/m1/s1. The smallest absolute Gasteiger partial charge is 0.223 e. The molecule has 5 heteroatoms. The molecule has 1 aliphatic rings. The average Bonchev–Trinajstić information content (AvgIpc) is 3.09. The van der Waals surface area contributed by atoms with E-state index >= 15 is 0 Å². The Bertz CT molecular complexity index is 419. The molecular weight excluding hydrogens is 270 g/mol. The van der Waals surface area contributed by atoms with E-state index < -0.39 is 0 Å². The minimum atomic E-state index is 0.116. The lowest BCUT2D eigenvalue weighted by Crippen LogP contribution is -2.39. The van der Waals surface area contributed by atoms with Crippen LogP contribution in [0.15, 0.2) is 16.8 Å². The molecule has 0 bridgehead atoms. The molecule has 0 aliphatic heterocycles. The van der Waals surface area contributed by atoms with Gasteiger partial charge in [0.2, 0.25) is 5.91 Å². The lowest BCUT2D eigenvalue weighted by Gasteiger charge is -2.25. The summed E-state index contributed by atoms with van der Waals surface area (Å²) in [7, 11) is 4.10. The number of likely N-dealkylation sites (N-methyl/N-ethyl adjacent to an activating group) is 1. The number of hydrogen-bond donors (Lipinski definition) is 2. The summed E-state index contributed by atoms with van der Waals surface area (Å²) in [6.07, 6.45) is 3.20. The lowest BCUT2D eigenvalue weighted by atomic mass is 9.95. The summed E-state index contributed by atoms with van der Waals surface area (Å²) in [5.74, 6) is 0.666. The van der Waals surface area contributed by atoms with Gasteiger partial charge >= 0.3 is 0 Å². The summed E-state index contributed by atoms with van der Waals surface area (Å²) < 4.78 is 0. The summed E-state index contributed by atoms with van der Waals surface area (Å²) in [6.45, 7) is 1.29. The zero-order chi connectivity index (χ0) is 14.5. The SMILES string of the molecule is CN(C)C(CNC(=O)[C@@H]1CCC[C@@H]1CN)c1ccsc1. The number of rotatable bonds is 6. The second kappa shape index (κ2) is 7.20. The molecule has 20 heavy (non-hydrogen) atoms. The maximum absolute atomic E-state index is 12.3. The molecule has 1 aromatic heterocycles. The summed E-state index contributed by atoms with van der Waals surface area (Å²) in [4.78, 5) is 14.5. The lowest BCUT2D eigenvalue weighted by molar-refractivity contribution is -0.126. The van der Waals surface area contributed by atoms with Crippen molar-refractivity contribution in [2.75, 3.05) is 27.2 Å². The molecule has 0 spiro atoms. The Morgan fingerprint density at radius 1 is 1.55 bits per heavy atom. The molecule has 1 unspecified atom stereocenters. The Hall–Kier alpha value is -0.910. The highest BCUT2D eigenvalue weighted by molar-refractivity contribution is 7.07. The van der Waals surface area contributed by atoms with E-state index in [0.29, 0.717) is 19.0 Å². The molecule has 1 amide bonds. The van der Waals surface area contributed by atoms with Gasteiger partial charge < -0.3 is 16.0 Å². The first-order chi connectivity index (χ1) is 9.63. The minimum absolute atomic E-state index is 0.116. The zero-order valence-corrected chi connectivity index (χ0v) is 13.2. The third kappa shape index (κ3) is 3.59. The monoisotopic (exact) mass is 295 g/mol. The first-order valence-corrected chi connectivity index (χ1v) is 8.24. The molecule has 1 aliphatic carbocycles. The molecule has 0 aromatic carbocycles. The number of nitrogens with two attached hydrogens (primary N) is 1. The third-order valence-corrected chi connectivity index (χ3v) is 5.02. The number of nitrogens with zero attached hydrogens (tertiary/aromatic N) is 1. The largest absolute Gasteiger partial charge is 0.354 e. The van der Waals surface area contributed by atoms with Crippen LogP contribution in [0.5, 0.6) is 0 Å². The Kier molecular flexibility index (Phi) is 5.57. The third-order valence-electron chi connectivity index (χ3n) is 4.32. The van der Waals surface area contributed by atoms with E-state index in [1.165, 1.54) is 5.56 Å². The number of carbonyl (C=O) groups is 1. The van der Waals surface area contributed by atoms with Gasteiger partial charge in [-0.15, -0.1) is 0 Å². The maximum atomic E-state index is 12.3. The number of hydrogen-bond acceptors (Lipinski definition) is 4. The average molecular weight is 295 g/mol. The van der Waals surface area contributed by atoms with E-state index in [-0.39, 0.29) is 17.9 Å². The van der Waals surface area contributed by atoms with Crippen LogP contribution in [0.1, 0.15) is 30.9 Å². The normalized spacial score (nSPS) is 24.0. The van der Waals surface area contributed by atoms with Crippen LogP contribution in [0.3, 0.4) is 0 Å². The molecule has 1 heterocycles. The number of amides is 1. The number of carbonyl (C=O) groups excluding carboxylic acids is 1. The predicted molar refractivity (Wildman–Crippen MR) is 83.6 cm³/mol. The summed E-state index contributed by atoms with van der Waals surface area (Å²) >= 11 is 1.69. The molecule has 2 rings (SSSR count). The maximum Gasteiger partial charge on any atom is 0.223 e. The van der Waals surface area contributed by atoms with Crippen molar-refractivity contribution in [1.82, 2.24) is 10.2 Å². The van der Waals surface area contributed by atoms with E-state index in [0.717, 1.165) is 19.3 Å². The van der Waals surface area contributed by atoms with Gasteiger partial charge in [0, 0.05) is 12.5 Å². The highest BCUT2D eigenvalue weighted by Crippen LogP contribution is 2.31. The first kappa shape index (κ1) is 15.5. The second-order valence-electron chi connectivity index (χ2n) is 5.81. The van der Waals surface area contributed by atoms with E-state index in [9.17, 15) is 4.79 Å². The minimum Gasteiger partial charge on any atom is -0.354 e. The van der Waals surface area contributed by atoms with Crippen molar-refractivity contribution < 1.29 is 4.79 Å². The molecule has 1 fully saturated rings. The summed E-state index contributed by atoms with van der Waals surface area (Å²) in [5, 5.41) is 7.35. The fourth-order valence-corrected chi connectivity index (χ4v) is 3.76. The van der Waals surface area contributed by atoms with Crippen LogP contribution in [-0.2, 0) is 4.79 Å². The molecule has 0 radical (unpaired) electrons. The van der Waals surface area contributed by atoms with Crippen molar-refractivity contribution >= 4 is 17.2 Å². The van der Waals surface area contributed by atoms with Gasteiger partial charge in [0.25, 0.3) is 0 Å². The molecule has 112 valence electrons. The fourth-order valence-electron chi connectivity index (χ4n) is 3.06. The van der Waals surface area contributed by atoms with Crippen molar-refractivity contribution in [2.24, 2.45) is 17.6 Å². The molecule has 1 aromatic rings. The van der Waals surface area contributed by atoms with Crippen LogP contribution in [0, 0.1) is 11.8 Å². The van der Waals surface area contributed by atoms with Crippen molar-refractivity contribution in [2.45, 2.75) is 25.3 Å². The van der Waals surface area contributed by atoms with Gasteiger partial charge in [-0.3, -0.25) is 4.79 Å². The first-order valence-electron chi connectivity index (χ1n) is 7.29. The highest BCUT2D eigenvalue weighted by atomic mass is 32.1. The van der Waals surface area contributed by atoms with E-state index in [1.807, 2.05) is 14.1 Å². The molecule has 3 N–H and O–H groups in total. The van der Waals surface area contributed by atoms with Crippen molar-refractivity contribution in [3.8, 4) is 0 Å². The highest BCUT2D eigenvalue weighted by Gasteiger charge is 2.32. The Morgan fingerprint density at radius 3 is 2.95 bits per heavy atom. The van der Waals surface area contributed by atoms with Crippen LogP contribution in [0.4, 0.5) is 0 Å². The van der Waals surface area contributed by atoms with Crippen LogP contribution in [0.25, 0.3) is 0 Å². The van der Waals surface area contributed by atoms with Crippen LogP contribution >= 0.6 is 11.3 Å². The van der Waals surface area contributed by atoms with Gasteiger partial charge in [0.05, 0.1) is 6.04 Å². The van der Waals surface area contributed by atoms with Gasteiger partial charge in [0.15, 0.2) is 0 Å². The molecule has 4 nitrogen and oxygen atoms in total. The molecule has 3 atom stereocenters. The van der Waals surface area contributed by atoms with Crippen LogP contribution < -0.4 is 11.1 Å². The van der Waals surface area contributed by atoms with Gasteiger partial charge in [-0.25, -0.2) is 0 Å². The predicted octanol–water partition coefficient (Wildman–Crippen LogP) is 1.84. The van der Waals surface area contributed by atoms with Gasteiger partial charge in [-0.1, -0.05) is 6.42 Å². The van der Waals surface area contributed by atoms with Gasteiger partial charge in [0.1, 0.15) is 0 Å². The Labute approximate surface area is 125 Å². The van der Waals surface area contributed by atoms with Gasteiger partial charge in [-0.2, -0.15) is 11.3 Å². The number of nitrogens with one attached hydrogen (secondary N) is 1. The summed E-state index contributed by atoms with van der Waals surface area (Å²) in [6, 6.07) is 2.36. The fraction of sp³-hybridized carbons (Fsp3) is 0.667. The van der Waals surface area contributed by atoms with Crippen LogP contribution in [-0.4, -0.2) is 38.0 Å².